The van der Waals surface area contributed by atoms with Gasteiger partial charge in [0.2, 0.25) is 0 Å². The van der Waals surface area contributed by atoms with Crippen molar-refractivity contribution < 1.29 is 4.74 Å². The summed E-state index contributed by atoms with van der Waals surface area (Å²) in [4.78, 5) is 4.54. The fourth-order valence-electron chi connectivity index (χ4n) is 3.28. The van der Waals surface area contributed by atoms with Crippen LogP contribution in [0.15, 0.2) is 22.8 Å². The van der Waals surface area contributed by atoms with Gasteiger partial charge in [-0.05, 0) is 69.2 Å². The molecule has 0 saturated carbocycles. The molecule has 0 spiro atoms. The largest absolute Gasteiger partial charge is 0.369 e. The number of aromatic nitrogens is 1. The van der Waals surface area contributed by atoms with Gasteiger partial charge in [0.05, 0.1) is 22.9 Å². The molecule has 1 saturated heterocycles. The Morgan fingerprint density at radius 3 is 2.58 bits per heavy atom. The lowest BCUT2D eigenvalue weighted by atomic mass is 9.80. The lowest BCUT2D eigenvalue weighted by molar-refractivity contribution is -0.0778. The van der Waals surface area contributed by atoms with E-state index in [1.54, 1.807) is 0 Å². The Balaban J connectivity index is 2.36. The van der Waals surface area contributed by atoms with Gasteiger partial charge >= 0.3 is 0 Å². The van der Waals surface area contributed by atoms with E-state index in [9.17, 15) is 0 Å². The van der Waals surface area contributed by atoms with Crippen LogP contribution in [-0.4, -0.2) is 23.2 Å². The van der Waals surface area contributed by atoms with Crippen LogP contribution >= 0.6 is 15.9 Å². The molecule has 1 aliphatic heterocycles. The van der Waals surface area contributed by atoms with E-state index in [4.69, 9.17) is 4.74 Å². The van der Waals surface area contributed by atoms with E-state index in [0.29, 0.717) is 5.92 Å². The first-order valence-corrected chi connectivity index (χ1v) is 7.54. The number of pyridine rings is 1. The molecule has 2 unspecified atom stereocenters. The van der Waals surface area contributed by atoms with Crippen molar-refractivity contribution >= 4 is 15.9 Å². The van der Waals surface area contributed by atoms with Gasteiger partial charge in [0.15, 0.2) is 0 Å². The van der Waals surface area contributed by atoms with Crippen molar-refractivity contribution in [2.45, 2.75) is 51.4 Å². The number of halogens is 1. The number of nitrogens with one attached hydrogen (secondary N) is 1. The summed E-state index contributed by atoms with van der Waals surface area (Å²) in [6.45, 7) is 8.67. The predicted molar refractivity (Wildman–Crippen MR) is 81.1 cm³/mol. The zero-order valence-corrected chi connectivity index (χ0v) is 13.9. The van der Waals surface area contributed by atoms with Crippen LogP contribution < -0.4 is 5.32 Å². The van der Waals surface area contributed by atoms with E-state index in [-0.39, 0.29) is 17.2 Å². The van der Waals surface area contributed by atoms with Crippen LogP contribution in [0.3, 0.4) is 0 Å². The van der Waals surface area contributed by atoms with Crippen LogP contribution in [0.5, 0.6) is 0 Å². The van der Waals surface area contributed by atoms with E-state index in [1.807, 2.05) is 25.4 Å². The topological polar surface area (TPSA) is 34.2 Å². The van der Waals surface area contributed by atoms with Crippen molar-refractivity contribution in [3.8, 4) is 0 Å². The first-order chi connectivity index (χ1) is 8.77. The van der Waals surface area contributed by atoms with Crippen molar-refractivity contribution in [3.05, 3.63) is 28.5 Å². The fourth-order valence-corrected chi connectivity index (χ4v) is 3.78. The number of nitrogens with zero attached hydrogens (tertiary/aromatic N) is 1. The van der Waals surface area contributed by atoms with Crippen LogP contribution in [0.25, 0.3) is 0 Å². The summed E-state index contributed by atoms with van der Waals surface area (Å²) >= 11 is 3.61. The van der Waals surface area contributed by atoms with Crippen molar-refractivity contribution in [1.82, 2.24) is 10.3 Å². The second-order valence-electron chi connectivity index (χ2n) is 6.41. The Morgan fingerprint density at radius 1 is 1.42 bits per heavy atom. The zero-order valence-electron chi connectivity index (χ0n) is 12.3. The van der Waals surface area contributed by atoms with Crippen LogP contribution in [-0.2, 0) is 4.74 Å². The highest BCUT2D eigenvalue weighted by Crippen LogP contribution is 2.47. The molecule has 3 nitrogen and oxygen atoms in total. The summed E-state index contributed by atoms with van der Waals surface area (Å²) in [5.74, 6) is 0.388. The van der Waals surface area contributed by atoms with Gasteiger partial charge < -0.3 is 10.1 Å². The number of rotatable bonds is 3. The Morgan fingerprint density at radius 2 is 2.11 bits per heavy atom. The molecule has 0 aliphatic carbocycles. The Kier molecular flexibility index (Phi) is 4.05. The van der Waals surface area contributed by atoms with Crippen LogP contribution in [0.1, 0.15) is 45.9 Å². The third-order valence-corrected chi connectivity index (χ3v) is 4.61. The average Bonchev–Trinajstić information content (AvgIpc) is 2.51. The van der Waals surface area contributed by atoms with Gasteiger partial charge in [-0.15, -0.1) is 0 Å². The van der Waals surface area contributed by atoms with Crippen molar-refractivity contribution in [2.75, 3.05) is 7.05 Å². The zero-order chi connectivity index (χ0) is 14.3. The van der Waals surface area contributed by atoms with E-state index in [1.165, 1.54) is 0 Å². The minimum atomic E-state index is -0.159. The Labute approximate surface area is 124 Å². The van der Waals surface area contributed by atoms with E-state index >= 15 is 0 Å². The number of ether oxygens (including phenoxy) is 1. The Bertz CT molecular complexity index is 459. The lowest BCUT2D eigenvalue weighted by Gasteiger charge is -2.32. The highest BCUT2D eigenvalue weighted by molar-refractivity contribution is 9.10. The molecule has 1 N–H and O–H groups in total. The monoisotopic (exact) mass is 326 g/mol. The minimum Gasteiger partial charge on any atom is -0.369 e. The van der Waals surface area contributed by atoms with Gasteiger partial charge in [-0.1, -0.05) is 0 Å². The summed E-state index contributed by atoms with van der Waals surface area (Å²) < 4.78 is 7.26. The molecule has 1 fully saturated rings. The standard InChI is InChI=1S/C15H23BrN2O/c1-14(2)9-10(15(3,4)19-14)12(17-5)13-11(16)7-6-8-18-13/h6-8,10,12,17H,9H2,1-5H3. The molecule has 4 heteroatoms. The van der Waals surface area contributed by atoms with Crippen LogP contribution in [0.2, 0.25) is 0 Å². The van der Waals surface area contributed by atoms with E-state index in [2.05, 4.69) is 53.9 Å². The second-order valence-corrected chi connectivity index (χ2v) is 7.27. The van der Waals surface area contributed by atoms with Crippen molar-refractivity contribution in [3.63, 3.8) is 0 Å². The van der Waals surface area contributed by atoms with Gasteiger partial charge in [-0.25, -0.2) is 0 Å². The van der Waals surface area contributed by atoms with E-state index in [0.717, 1.165) is 16.6 Å². The lowest BCUT2D eigenvalue weighted by Crippen LogP contribution is -2.37. The third kappa shape index (κ3) is 3.01. The second kappa shape index (κ2) is 5.15. The predicted octanol–water partition coefficient (Wildman–Crippen LogP) is 3.70. The van der Waals surface area contributed by atoms with Crippen LogP contribution in [0, 0.1) is 5.92 Å². The third-order valence-electron chi connectivity index (χ3n) is 3.94. The molecule has 0 bridgehead atoms. The first kappa shape index (κ1) is 14.9. The summed E-state index contributed by atoms with van der Waals surface area (Å²) in [5, 5.41) is 3.42. The smallest absolute Gasteiger partial charge is 0.0718 e. The maximum absolute atomic E-state index is 6.21. The molecule has 19 heavy (non-hydrogen) atoms. The Hall–Kier alpha value is -0.450. The molecule has 1 aromatic rings. The average molecular weight is 327 g/mol. The summed E-state index contributed by atoms with van der Waals surface area (Å²) in [7, 11) is 1.99. The van der Waals surface area contributed by atoms with Crippen molar-refractivity contribution in [1.29, 1.82) is 0 Å². The number of hydrogen-bond donors (Lipinski definition) is 1. The molecule has 2 heterocycles. The molecular formula is C15H23BrN2O. The van der Waals surface area contributed by atoms with Gasteiger partial charge in [0, 0.05) is 16.6 Å². The molecule has 1 aliphatic rings. The maximum atomic E-state index is 6.21. The van der Waals surface area contributed by atoms with Crippen molar-refractivity contribution in [2.24, 2.45) is 5.92 Å². The molecule has 2 rings (SSSR count). The van der Waals surface area contributed by atoms with E-state index < -0.39 is 0 Å². The fraction of sp³-hybridized carbons (Fsp3) is 0.667. The summed E-state index contributed by atoms with van der Waals surface area (Å²) in [5.41, 5.74) is 0.822. The van der Waals surface area contributed by atoms with Gasteiger partial charge in [0.1, 0.15) is 0 Å². The van der Waals surface area contributed by atoms with Crippen LogP contribution in [0.4, 0.5) is 0 Å². The van der Waals surface area contributed by atoms with Gasteiger partial charge in [-0.2, -0.15) is 0 Å². The normalized spacial score (nSPS) is 26.3. The molecular weight excluding hydrogens is 304 g/mol. The number of hydrogen-bond acceptors (Lipinski definition) is 3. The van der Waals surface area contributed by atoms with Gasteiger partial charge in [0.25, 0.3) is 0 Å². The first-order valence-electron chi connectivity index (χ1n) is 6.75. The molecule has 0 amide bonds. The molecule has 0 radical (unpaired) electrons. The SMILES string of the molecule is CNC(c1ncccc1Br)C1CC(C)(C)OC1(C)C. The summed E-state index contributed by atoms with van der Waals surface area (Å²) in [6, 6.07) is 4.17. The highest BCUT2D eigenvalue weighted by atomic mass is 79.9. The maximum Gasteiger partial charge on any atom is 0.0718 e. The molecule has 106 valence electrons. The molecule has 2 atom stereocenters. The highest BCUT2D eigenvalue weighted by Gasteiger charge is 2.49. The van der Waals surface area contributed by atoms with Gasteiger partial charge in [-0.3, -0.25) is 4.98 Å². The molecule has 0 aromatic carbocycles. The quantitative estimate of drug-likeness (QED) is 0.919. The minimum absolute atomic E-state index is 0.0788. The summed E-state index contributed by atoms with van der Waals surface area (Å²) in [6.07, 6.45) is 2.87. The molecule has 1 aromatic heterocycles.